The first-order valence-corrected chi connectivity index (χ1v) is 11.4. The number of carbonyl (C=O) groups excluding carboxylic acids is 1. The number of hydrogen-bond donors (Lipinski definition) is 1. The van der Waals surface area contributed by atoms with Crippen LogP contribution in [0, 0.1) is 28.6 Å². The topological polar surface area (TPSA) is 55.8 Å². The number of ether oxygens (including phenoxy) is 2. The van der Waals surface area contributed by atoms with Crippen molar-refractivity contribution in [2.75, 3.05) is 7.11 Å². The molecule has 156 valence electrons. The highest BCUT2D eigenvalue weighted by atomic mass is 16.5. The van der Waals surface area contributed by atoms with E-state index in [0.29, 0.717) is 30.2 Å². The Morgan fingerprint density at radius 3 is 2.71 bits per heavy atom. The van der Waals surface area contributed by atoms with E-state index in [1.165, 1.54) is 5.57 Å². The molecule has 0 spiro atoms. The standard InChI is InChI=1S/C23H37BO4/c1-5-19(26)28-21-17(24)12-16-20-15(7-9-23(16,21)3)22(2)8-6-14(27-4)10-13(22)11-18(20)25/h11,14-18,20-21,25H,5-10,12,24H2,1-4H3/t14-,15?,16?,17+,18-,20?,21?,22-,23-/m0/s1. The summed E-state index contributed by atoms with van der Waals surface area (Å²) < 4.78 is 11.6. The van der Waals surface area contributed by atoms with Crippen molar-refractivity contribution in [2.24, 2.45) is 28.6 Å². The minimum Gasteiger partial charge on any atom is -0.462 e. The summed E-state index contributed by atoms with van der Waals surface area (Å²) in [6.07, 6.45) is 8.98. The highest BCUT2D eigenvalue weighted by Gasteiger charge is 2.63. The van der Waals surface area contributed by atoms with Crippen LogP contribution in [-0.2, 0) is 14.3 Å². The molecule has 0 saturated heterocycles. The first-order chi connectivity index (χ1) is 13.2. The van der Waals surface area contributed by atoms with Gasteiger partial charge in [0, 0.05) is 18.9 Å². The van der Waals surface area contributed by atoms with E-state index in [0.717, 1.165) is 38.5 Å². The maximum Gasteiger partial charge on any atom is 0.305 e. The van der Waals surface area contributed by atoms with Crippen molar-refractivity contribution in [3.05, 3.63) is 11.6 Å². The van der Waals surface area contributed by atoms with Crippen LogP contribution in [0.25, 0.3) is 0 Å². The van der Waals surface area contributed by atoms with Gasteiger partial charge in [0.2, 0.25) is 0 Å². The summed E-state index contributed by atoms with van der Waals surface area (Å²) in [6, 6.07) is 0. The fourth-order valence-corrected chi connectivity index (χ4v) is 7.62. The second-order valence-electron chi connectivity index (χ2n) is 10.5. The maximum absolute atomic E-state index is 12.1. The van der Waals surface area contributed by atoms with E-state index < -0.39 is 0 Å². The van der Waals surface area contributed by atoms with Gasteiger partial charge in [0.05, 0.1) is 12.2 Å². The summed E-state index contributed by atoms with van der Waals surface area (Å²) in [7, 11) is 4.04. The molecule has 0 amide bonds. The molecule has 4 rings (SSSR count). The molecule has 0 radical (unpaired) electrons. The zero-order valence-electron chi connectivity index (χ0n) is 18.2. The van der Waals surface area contributed by atoms with Crippen LogP contribution in [0.5, 0.6) is 0 Å². The Morgan fingerprint density at radius 1 is 1.29 bits per heavy atom. The summed E-state index contributed by atoms with van der Waals surface area (Å²) in [5.74, 6) is 1.49. The molecule has 28 heavy (non-hydrogen) atoms. The van der Waals surface area contributed by atoms with Crippen molar-refractivity contribution < 1.29 is 19.4 Å². The van der Waals surface area contributed by atoms with Gasteiger partial charge in [0.25, 0.3) is 0 Å². The van der Waals surface area contributed by atoms with E-state index in [1.807, 2.05) is 6.92 Å². The summed E-state index contributed by atoms with van der Waals surface area (Å²) in [6.45, 7) is 6.62. The number of fused-ring (bicyclic) bond motifs is 5. The van der Waals surface area contributed by atoms with Crippen LogP contribution in [0.1, 0.15) is 65.7 Å². The molecule has 5 heteroatoms. The average molecular weight is 388 g/mol. The minimum atomic E-state index is -0.388. The van der Waals surface area contributed by atoms with Gasteiger partial charge in [-0.1, -0.05) is 38.8 Å². The molecule has 3 saturated carbocycles. The van der Waals surface area contributed by atoms with Crippen LogP contribution in [0.3, 0.4) is 0 Å². The Bertz CT molecular complexity index is 663. The lowest BCUT2D eigenvalue weighted by molar-refractivity contribution is -0.161. The normalized spacial score (nSPS) is 50.2. The van der Waals surface area contributed by atoms with Gasteiger partial charge in [-0.05, 0) is 61.1 Å². The number of aliphatic hydroxyl groups is 1. The molecule has 1 N–H and O–H groups in total. The lowest BCUT2D eigenvalue weighted by Gasteiger charge is -2.59. The first-order valence-electron chi connectivity index (χ1n) is 11.4. The number of hydrogen-bond acceptors (Lipinski definition) is 4. The molecule has 0 aromatic heterocycles. The summed E-state index contributed by atoms with van der Waals surface area (Å²) in [4.78, 5) is 12.1. The van der Waals surface area contributed by atoms with Crippen molar-refractivity contribution in [1.82, 2.24) is 0 Å². The van der Waals surface area contributed by atoms with Gasteiger partial charge in [-0.15, -0.1) is 0 Å². The third-order valence-corrected chi connectivity index (χ3v) is 9.19. The molecule has 3 fully saturated rings. The highest BCUT2D eigenvalue weighted by molar-refractivity contribution is 6.12. The minimum absolute atomic E-state index is 0.0134. The van der Waals surface area contributed by atoms with Crippen LogP contribution in [-0.4, -0.2) is 44.3 Å². The second-order valence-corrected chi connectivity index (χ2v) is 10.5. The van der Waals surface area contributed by atoms with E-state index in [9.17, 15) is 9.90 Å². The number of methoxy groups -OCH3 is 1. The Morgan fingerprint density at radius 2 is 2.04 bits per heavy atom. The molecule has 4 nitrogen and oxygen atoms in total. The van der Waals surface area contributed by atoms with Crippen LogP contribution >= 0.6 is 0 Å². The SMILES string of the molecule is B[C@@H]1CC2C3C(CC[C@]2(C)C1OC(=O)CC)[C@@]1(C)CC[C@H](OC)CC1=C[C@@H]3O. The third-order valence-electron chi connectivity index (χ3n) is 9.19. The number of rotatable bonds is 3. The van der Waals surface area contributed by atoms with E-state index in [2.05, 4.69) is 27.8 Å². The maximum atomic E-state index is 12.1. The summed E-state index contributed by atoms with van der Waals surface area (Å²) >= 11 is 0. The third kappa shape index (κ3) is 2.91. The molecular weight excluding hydrogens is 351 g/mol. The summed E-state index contributed by atoms with van der Waals surface area (Å²) in [5, 5.41) is 11.3. The Kier molecular flexibility index (Phi) is 5.23. The van der Waals surface area contributed by atoms with E-state index in [1.54, 1.807) is 7.11 Å². The number of esters is 1. The quantitative estimate of drug-likeness (QED) is 0.458. The molecule has 4 aliphatic carbocycles. The lowest BCUT2D eigenvalue weighted by Crippen LogP contribution is -2.55. The molecule has 0 aromatic rings. The summed E-state index contributed by atoms with van der Waals surface area (Å²) in [5.41, 5.74) is 1.59. The number of carbonyl (C=O) groups is 1. The number of aliphatic hydroxyl groups excluding tert-OH is 1. The molecule has 0 aromatic carbocycles. The first kappa shape index (κ1) is 20.5. The van der Waals surface area contributed by atoms with Crippen LogP contribution in [0.15, 0.2) is 11.6 Å². The van der Waals surface area contributed by atoms with Gasteiger partial charge >= 0.3 is 5.97 Å². The second kappa shape index (κ2) is 7.16. The lowest BCUT2D eigenvalue weighted by atomic mass is 9.47. The Labute approximate surface area is 170 Å². The van der Waals surface area contributed by atoms with Crippen molar-refractivity contribution >= 4 is 13.8 Å². The molecule has 0 bridgehead atoms. The molecule has 9 atom stereocenters. The Hall–Kier alpha value is -0.805. The average Bonchev–Trinajstić information content (AvgIpc) is 2.92. The van der Waals surface area contributed by atoms with Crippen molar-refractivity contribution in [3.63, 3.8) is 0 Å². The zero-order chi connectivity index (χ0) is 20.3. The van der Waals surface area contributed by atoms with Gasteiger partial charge in [0.1, 0.15) is 14.0 Å². The van der Waals surface area contributed by atoms with Gasteiger partial charge in [-0.2, -0.15) is 0 Å². The van der Waals surface area contributed by atoms with E-state index in [-0.39, 0.29) is 34.9 Å². The fourth-order valence-electron chi connectivity index (χ4n) is 7.62. The predicted molar refractivity (Wildman–Crippen MR) is 112 cm³/mol. The van der Waals surface area contributed by atoms with Crippen molar-refractivity contribution in [3.8, 4) is 0 Å². The smallest absolute Gasteiger partial charge is 0.305 e. The van der Waals surface area contributed by atoms with E-state index in [4.69, 9.17) is 9.47 Å². The van der Waals surface area contributed by atoms with E-state index >= 15 is 0 Å². The zero-order valence-corrected chi connectivity index (χ0v) is 18.2. The largest absolute Gasteiger partial charge is 0.462 e. The van der Waals surface area contributed by atoms with Gasteiger partial charge < -0.3 is 14.6 Å². The molecule has 4 aliphatic rings. The van der Waals surface area contributed by atoms with Gasteiger partial charge in [0.15, 0.2) is 0 Å². The predicted octanol–water partition coefficient (Wildman–Crippen LogP) is 3.29. The van der Waals surface area contributed by atoms with Gasteiger partial charge in [-0.3, -0.25) is 4.79 Å². The Balaban J connectivity index is 1.65. The molecular formula is C23H37BO4. The highest BCUT2D eigenvalue weighted by Crippen LogP contribution is 2.66. The van der Waals surface area contributed by atoms with Crippen LogP contribution in [0.2, 0.25) is 5.82 Å². The van der Waals surface area contributed by atoms with Crippen molar-refractivity contribution in [1.29, 1.82) is 0 Å². The van der Waals surface area contributed by atoms with Gasteiger partial charge in [-0.25, -0.2) is 0 Å². The van der Waals surface area contributed by atoms with Crippen LogP contribution in [0.4, 0.5) is 0 Å². The van der Waals surface area contributed by atoms with Crippen LogP contribution < -0.4 is 0 Å². The molecule has 0 heterocycles. The van der Waals surface area contributed by atoms with Crippen molar-refractivity contribution in [2.45, 2.75) is 89.8 Å². The molecule has 4 unspecified atom stereocenters. The fraction of sp³-hybridized carbons (Fsp3) is 0.870. The monoisotopic (exact) mass is 388 g/mol. The molecule has 0 aliphatic heterocycles.